The van der Waals surface area contributed by atoms with E-state index in [1.807, 2.05) is 73.9 Å². The Labute approximate surface area is 188 Å². The number of amides is 2. The maximum Gasteiger partial charge on any atom is 0.303 e. The number of aryl methyl sites for hydroxylation is 2. The lowest BCUT2D eigenvalue weighted by atomic mass is 9.96. The fraction of sp³-hybridized carbons (Fsp3) is 0.320. The first-order valence-electron chi connectivity index (χ1n) is 10.7. The van der Waals surface area contributed by atoms with E-state index >= 15 is 0 Å². The average molecular weight is 438 g/mol. The number of primary amides is 1. The third kappa shape index (κ3) is 8.26. The monoisotopic (exact) mass is 437 g/mol. The lowest BCUT2D eigenvalue weighted by molar-refractivity contribution is -0.137. The molecule has 0 spiro atoms. The van der Waals surface area contributed by atoms with Crippen molar-refractivity contribution in [1.82, 2.24) is 9.88 Å². The molecular formula is C25H31N3O4. The van der Waals surface area contributed by atoms with E-state index < -0.39 is 5.97 Å². The van der Waals surface area contributed by atoms with E-state index in [0.29, 0.717) is 37.9 Å². The predicted molar refractivity (Wildman–Crippen MR) is 123 cm³/mol. The molecule has 2 aromatic rings. The van der Waals surface area contributed by atoms with E-state index in [2.05, 4.69) is 4.98 Å². The molecule has 1 aromatic heterocycles. The lowest BCUT2D eigenvalue weighted by Gasteiger charge is -2.30. The molecule has 0 unspecified atom stereocenters. The van der Waals surface area contributed by atoms with Crippen LogP contribution in [0.15, 0.2) is 67.0 Å². The van der Waals surface area contributed by atoms with Crippen molar-refractivity contribution in [1.29, 1.82) is 0 Å². The molecule has 32 heavy (non-hydrogen) atoms. The minimum atomic E-state index is -0.769. The second-order valence-electron chi connectivity index (χ2n) is 7.66. The van der Waals surface area contributed by atoms with Crippen molar-refractivity contribution >= 4 is 17.8 Å². The fourth-order valence-electron chi connectivity index (χ4n) is 3.39. The smallest absolute Gasteiger partial charge is 0.303 e. The van der Waals surface area contributed by atoms with Crippen molar-refractivity contribution < 1.29 is 19.5 Å². The largest absolute Gasteiger partial charge is 0.481 e. The van der Waals surface area contributed by atoms with Crippen LogP contribution in [0.2, 0.25) is 0 Å². The number of aliphatic carboxylic acids is 1. The normalized spacial score (nSPS) is 13.3. The summed E-state index contributed by atoms with van der Waals surface area (Å²) in [6, 6.07) is 16.9. The molecule has 3 rings (SSSR count). The van der Waals surface area contributed by atoms with Crippen molar-refractivity contribution in [2.75, 3.05) is 13.1 Å². The van der Waals surface area contributed by atoms with Gasteiger partial charge in [0.1, 0.15) is 0 Å². The van der Waals surface area contributed by atoms with E-state index in [4.69, 9.17) is 10.8 Å². The fourth-order valence-corrected chi connectivity index (χ4v) is 3.39. The van der Waals surface area contributed by atoms with Crippen LogP contribution in [0.5, 0.6) is 0 Å². The predicted octanol–water partition coefficient (Wildman–Crippen LogP) is 3.49. The minimum absolute atomic E-state index is 0.0357. The quantitative estimate of drug-likeness (QED) is 0.664. The Morgan fingerprint density at radius 2 is 1.66 bits per heavy atom. The summed E-state index contributed by atoms with van der Waals surface area (Å²) in [7, 11) is 0. The number of benzene rings is 1. The molecule has 1 aliphatic heterocycles. The first-order chi connectivity index (χ1) is 15.4. The van der Waals surface area contributed by atoms with Gasteiger partial charge in [-0.3, -0.25) is 14.4 Å². The maximum absolute atomic E-state index is 12.1. The van der Waals surface area contributed by atoms with Crippen LogP contribution < -0.4 is 5.73 Å². The number of H-pyrrole nitrogens is 1. The van der Waals surface area contributed by atoms with Gasteiger partial charge in [-0.2, -0.15) is 0 Å². The number of nitrogens with two attached hydrogens (primary N) is 1. The van der Waals surface area contributed by atoms with E-state index in [-0.39, 0.29) is 24.2 Å². The Morgan fingerprint density at radius 1 is 1.03 bits per heavy atom. The second-order valence-corrected chi connectivity index (χ2v) is 7.66. The Bertz CT molecular complexity index is 946. The number of piperidine rings is 1. The molecule has 7 heteroatoms. The number of nitrogens with one attached hydrogen (secondary N) is 1. The molecule has 2 heterocycles. The maximum atomic E-state index is 12.1. The number of nitrogens with zero attached hydrogens (tertiary/aromatic N) is 1. The molecule has 0 radical (unpaired) electrons. The van der Waals surface area contributed by atoms with Crippen LogP contribution >= 0.6 is 0 Å². The topological polar surface area (TPSA) is 116 Å². The molecule has 170 valence electrons. The number of aromatic amines is 1. The van der Waals surface area contributed by atoms with Crippen molar-refractivity contribution in [2.24, 2.45) is 11.7 Å². The van der Waals surface area contributed by atoms with E-state index in [1.165, 1.54) is 0 Å². The van der Waals surface area contributed by atoms with E-state index in [1.54, 1.807) is 4.90 Å². The standard InChI is InChI=1S/C13H16N2O2.C12H15NO2/c14-12(16)10-6-8-15(9-7-10)13(17)11-4-2-1-3-5-11;1-10-5-3-2-4-8-13-9-11(10)6-7-12(14)15/h1-5,10H,6-9H2,(H2,14,16);2-5,8-9,13H,6-7H2,1H3,(H,14,15). The van der Waals surface area contributed by atoms with Gasteiger partial charge in [-0.05, 0) is 55.5 Å². The van der Waals surface area contributed by atoms with Gasteiger partial charge in [0, 0.05) is 43.4 Å². The number of carboxylic acid groups (broad SMARTS) is 1. The number of carboxylic acids is 1. The van der Waals surface area contributed by atoms with Crippen LogP contribution in [0.25, 0.3) is 0 Å². The molecule has 0 atom stereocenters. The Morgan fingerprint density at radius 3 is 2.28 bits per heavy atom. The third-order valence-corrected chi connectivity index (χ3v) is 5.34. The van der Waals surface area contributed by atoms with Gasteiger partial charge in [0.15, 0.2) is 0 Å². The van der Waals surface area contributed by atoms with Crippen LogP contribution in [0.4, 0.5) is 0 Å². The Balaban J connectivity index is 0.000000229. The molecule has 1 aliphatic rings. The molecule has 1 saturated heterocycles. The highest BCUT2D eigenvalue weighted by atomic mass is 16.4. The molecular weight excluding hydrogens is 406 g/mol. The SMILES string of the molecule is Cc1ccccc[nH]cc1CCC(=O)O.NC(=O)C1CCN(C(=O)c2ccccc2)CC1. The zero-order valence-corrected chi connectivity index (χ0v) is 18.4. The summed E-state index contributed by atoms with van der Waals surface area (Å²) < 4.78 is 0. The highest BCUT2D eigenvalue weighted by molar-refractivity contribution is 5.94. The second kappa shape index (κ2) is 12.9. The first kappa shape index (κ1) is 24.7. The van der Waals surface area contributed by atoms with Crippen molar-refractivity contribution in [3.8, 4) is 0 Å². The van der Waals surface area contributed by atoms with Crippen molar-refractivity contribution in [3.63, 3.8) is 0 Å². The molecule has 1 aromatic carbocycles. The third-order valence-electron chi connectivity index (χ3n) is 5.34. The van der Waals surface area contributed by atoms with Gasteiger partial charge in [-0.1, -0.05) is 36.4 Å². The van der Waals surface area contributed by atoms with Crippen molar-refractivity contribution in [2.45, 2.75) is 32.6 Å². The number of hydrogen-bond donors (Lipinski definition) is 3. The molecule has 0 bridgehead atoms. The molecule has 4 N–H and O–H groups in total. The van der Waals surface area contributed by atoms with Crippen LogP contribution in [-0.2, 0) is 16.0 Å². The Hall–Kier alpha value is -3.61. The average Bonchev–Trinajstić information content (AvgIpc) is 2.90. The zero-order chi connectivity index (χ0) is 23.3. The molecule has 0 aliphatic carbocycles. The number of carbonyl (C=O) groups excluding carboxylic acids is 2. The first-order valence-corrected chi connectivity index (χ1v) is 10.7. The van der Waals surface area contributed by atoms with Gasteiger partial charge in [0.2, 0.25) is 5.91 Å². The summed E-state index contributed by atoms with van der Waals surface area (Å²) in [6.45, 7) is 3.20. The summed E-state index contributed by atoms with van der Waals surface area (Å²) in [5.41, 5.74) is 8.07. The highest BCUT2D eigenvalue weighted by Crippen LogP contribution is 2.18. The molecule has 7 nitrogen and oxygen atoms in total. The number of likely N-dealkylation sites (tertiary alicyclic amines) is 1. The van der Waals surface area contributed by atoms with E-state index in [0.717, 1.165) is 11.1 Å². The summed E-state index contributed by atoms with van der Waals surface area (Å²) in [5, 5.41) is 8.62. The van der Waals surface area contributed by atoms with Crippen LogP contribution in [0.3, 0.4) is 0 Å². The number of aromatic nitrogens is 1. The summed E-state index contributed by atoms with van der Waals surface area (Å²) in [5.74, 6) is -1.06. The number of hydrogen-bond acceptors (Lipinski definition) is 3. The van der Waals surface area contributed by atoms with Gasteiger partial charge >= 0.3 is 5.97 Å². The van der Waals surface area contributed by atoms with Gasteiger partial charge in [0.25, 0.3) is 5.91 Å². The van der Waals surface area contributed by atoms with E-state index in [9.17, 15) is 14.4 Å². The number of rotatable bonds is 5. The summed E-state index contributed by atoms with van der Waals surface area (Å²) in [6.07, 6.45) is 5.71. The highest BCUT2D eigenvalue weighted by Gasteiger charge is 2.26. The van der Waals surface area contributed by atoms with Gasteiger partial charge in [-0.25, -0.2) is 0 Å². The Kier molecular flexibility index (Phi) is 9.97. The number of carbonyl (C=O) groups is 3. The van der Waals surface area contributed by atoms with Gasteiger partial charge in [-0.15, -0.1) is 0 Å². The lowest BCUT2D eigenvalue weighted by Crippen LogP contribution is -2.41. The van der Waals surface area contributed by atoms with Crippen molar-refractivity contribution in [3.05, 3.63) is 83.7 Å². The summed E-state index contributed by atoms with van der Waals surface area (Å²) >= 11 is 0. The zero-order valence-electron chi connectivity index (χ0n) is 18.4. The van der Waals surface area contributed by atoms with Gasteiger partial charge in [0.05, 0.1) is 0 Å². The van der Waals surface area contributed by atoms with Crippen LogP contribution in [0.1, 0.15) is 40.7 Å². The molecule has 2 amide bonds. The molecule has 1 fully saturated rings. The van der Waals surface area contributed by atoms with Crippen LogP contribution in [0, 0.1) is 12.8 Å². The molecule has 0 saturated carbocycles. The van der Waals surface area contributed by atoms with Crippen LogP contribution in [-0.4, -0.2) is 45.9 Å². The van der Waals surface area contributed by atoms with Gasteiger partial charge < -0.3 is 20.7 Å². The summed E-state index contributed by atoms with van der Waals surface area (Å²) in [4.78, 5) is 38.4. The minimum Gasteiger partial charge on any atom is -0.481 e.